The van der Waals surface area contributed by atoms with Crippen molar-refractivity contribution in [2.45, 2.75) is 152 Å². The molecule has 4 rings (SSSR count). The highest BCUT2D eigenvalue weighted by molar-refractivity contribution is 6.74. The van der Waals surface area contributed by atoms with Crippen LogP contribution in [0.2, 0.25) is 18.1 Å². The zero-order chi connectivity index (χ0) is 43.4. The molecule has 1 saturated heterocycles. The summed E-state index contributed by atoms with van der Waals surface area (Å²) in [4.78, 5) is 59.6. The molecule has 0 spiro atoms. The maximum absolute atomic E-state index is 14.7. The molecule has 11 nitrogen and oxygen atoms in total. The van der Waals surface area contributed by atoms with Gasteiger partial charge in [0, 0.05) is 17.6 Å². The molecule has 1 saturated carbocycles. The highest BCUT2D eigenvalue weighted by Gasteiger charge is 2.49. The number of ether oxygens (including phenoxy) is 1. The molecular formula is C43H64Cl3N5O6Si. The van der Waals surface area contributed by atoms with Crippen molar-refractivity contribution in [3.8, 4) is 0 Å². The quantitative estimate of drug-likeness (QED) is 0.103. The smallest absolute Gasteiger partial charge is 0.325 e. The number of esters is 1. The van der Waals surface area contributed by atoms with Crippen LogP contribution in [0.5, 0.6) is 0 Å². The monoisotopic (exact) mass is 879 g/mol. The average molecular weight is 881 g/mol. The second-order valence-electron chi connectivity index (χ2n) is 18.6. The summed E-state index contributed by atoms with van der Waals surface area (Å²) in [5, 5.41) is 8.29. The zero-order valence-corrected chi connectivity index (χ0v) is 39.3. The van der Waals surface area contributed by atoms with Crippen LogP contribution < -0.4 is 16.1 Å². The molecule has 2 aliphatic rings. The molecule has 15 heteroatoms. The minimum atomic E-state index is -2.11. The summed E-state index contributed by atoms with van der Waals surface area (Å²) >= 11 is 17.2. The van der Waals surface area contributed by atoms with Crippen molar-refractivity contribution in [2.24, 2.45) is 11.3 Å². The van der Waals surface area contributed by atoms with Gasteiger partial charge in [-0.25, -0.2) is 5.43 Å². The molecule has 1 aromatic heterocycles. The first-order chi connectivity index (χ1) is 26.7. The number of hydrogen-bond donors (Lipinski definition) is 3. The van der Waals surface area contributed by atoms with Crippen molar-refractivity contribution >= 4 is 83.8 Å². The summed E-state index contributed by atoms with van der Waals surface area (Å²) in [6.45, 7) is 22.8. The van der Waals surface area contributed by atoms with Crippen molar-refractivity contribution in [1.29, 1.82) is 0 Å². The Kier molecular flexibility index (Phi) is 15.6. The fourth-order valence-electron chi connectivity index (χ4n) is 7.18. The Morgan fingerprint density at radius 3 is 2.22 bits per heavy atom. The highest BCUT2D eigenvalue weighted by atomic mass is 35.6. The summed E-state index contributed by atoms with van der Waals surface area (Å²) in [5.74, 6) is -1.84. The average Bonchev–Trinajstić information content (AvgIpc) is 3.13. The molecule has 3 amide bonds. The minimum Gasteiger partial charge on any atom is -0.460 e. The van der Waals surface area contributed by atoms with E-state index in [-0.39, 0.29) is 16.9 Å². The normalized spacial score (nSPS) is 23.2. The van der Waals surface area contributed by atoms with Gasteiger partial charge in [0.2, 0.25) is 15.6 Å². The number of pyridine rings is 1. The van der Waals surface area contributed by atoms with Gasteiger partial charge in [-0.3, -0.25) is 29.2 Å². The van der Waals surface area contributed by atoms with E-state index in [4.69, 9.17) is 48.9 Å². The van der Waals surface area contributed by atoms with Crippen LogP contribution in [0.1, 0.15) is 118 Å². The standard InChI is InChI=1S/C43H64Cl3N5O6Si/c1-27(2)32-17-16-31-15-14-30(25-34(31)48-32)18-19-42(22-20-41(9,21-23-42)57-58(10,11)40(6,7)8)39(55)49-35(28(3)4)36(52)47-29(5)37(53)51-24-12-13-33(50-51)38(54)56-26-43(44,45)46/h14-19,25,27-29,33,35,50H,12-13,20-24,26H2,1-11H3,(H,47,52)(H,49,55)/b19-18+/t29-,33-,35-,41-,42+/m0/s1. The Morgan fingerprint density at radius 1 is 1.00 bits per heavy atom. The summed E-state index contributed by atoms with van der Waals surface area (Å²) in [6, 6.07) is 7.54. The van der Waals surface area contributed by atoms with Crippen molar-refractivity contribution < 1.29 is 28.3 Å². The molecule has 2 aromatic rings. The predicted octanol–water partition coefficient (Wildman–Crippen LogP) is 8.77. The molecule has 0 radical (unpaired) electrons. The Morgan fingerprint density at radius 2 is 1.64 bits per heavy atom. The summed E-state index contributed by atoms with van der Waals surface area (Å²) in [5.41, 5.74) is 4.40. The number of amides is 3. The van der Waals surface area contributed by atoms with Crippen molar-refractivity contribution in [2.75, 3.05) is 13.2 Å². The van der Waals surface area contributed by atoms with E-state index in [1.165, 1.54) is 5.01 Å². The van der Waals surface area contributed by atoms with E-state index in [0.29, 0.717) is 51.0 Å². The number of hydrazine groups is 1. The molecule has 2 heterocycles. The van der Waals surface area contributed by atoms with E-state index < -0.39 is 65.6 Å². The van der Waals surface area contributed by atoms with E-state index in [9.17, 15) is 19.2 Å². The lowest BCUT2D eigenvalue weighted by atomic mass is 9.68. The molecule has 58 heavy (non-hydrogen) atoms. The maximum atomic E-state index is 14.7. The largest absolute Gasteiger partial charge is 0.460 e. The Bertz CT molecular complexity index is 1830. The topological polar surface area (TPSA) is 139 Å². The van der Waals surface area contributed by atoms with Gasteiger partial charge in [0.15, 0.2) is 8.32 Å². The Labute approximate surface area is 361 Å². The van der Waals surface area contributed by atoms with Crippen LogP contribution in [0.4, 0.5) is 0 Å². The van der Waals surface area contributed by atoms with Gasteiger partial charge in [-0.15, -0.1) is 0 Å². The van der Waals surface area contributed by atoms with Crippen molar-refractivity contribution in [3.63, 3.8) is 0 Å². The van der Waals surface area contributed by atoms with E-state index >= 15 is 0 Å². The van der Waals surface area contributed by atoms with Gasteiger partial charge in [0.25, 0.3) is 5.91 Å². The first kappa shape index (κ1) is 47.9. The number of fused-ring (bicyclic) bond motifs is 1. The lowest BCUT2D eigenvalue weighted by Gasteiger charge is -2.49. The van der Waals surface area contributed by atoms with Crippen molar-refractivity contribution in [3.05, 3.63) is 47.7 Å². The third kappa shape index (κ3) is 12.4. The van der Waals surface area contributed by atoms with Crippen LogP contribution in [0.3, 0.4) is 0 Å². The summed E-state index contributed by atoms with van der Waals surface area (Å²) in [7, 11) is -2.11. The molecule has 1 aliphatic heterocycles. The van der Waals surface area contributed by atoms with E-state index in [2.05, 4.69) is 82.8 Å². The zero-order valence-electron chi connectivity index (χ0n) is 36.1. The number of nitrogens with zero attached hydrogens (tertiary/aromatic N) is 2. The molecular weight excluding hydrogens is 817 g/mol. The lowest BCUT2D eigenvalue weighted by molar-refractivity contribution is -0.152. The summed E-state index contributed by atoms with van der Waals surface area (Å²) in [6.07, 6.45) is 7.31. The van der Waals surface area contributed by atoms with Crippen LogP contribution in [-0.4, -0.2) is 82.7 Å². The van der Waals surface area contributed by atoms with E-state index in [0.717, 1.165) is 22.2 Å². The first-order valence-electron chi connectivity index (χ1n) is 20.5. The number of carbonyl (C=O) groups excluding carboxylic acids is 4. The van der Waals surface area contributed by atoms with Gasteiger partial charge < -0.3 is 19.8 Å². The molecule has 0 unspecified atom stereocenters. The fourth-order valence-corrected chi connectivity index (χ4v) is 9.09. The van der Waals surface area contributed by atoms with Gasteiger partial charge >= 0.3 is 5.97 Å². The maximum Gasteiger partial charge on any atom is 0.325 e. The number of benzene rings is 1. The third-order valence-corrected chi connectivity index (χ3v) is 16.9. The molecule has 2 fully saturated rings. The molecule has 3 atom stereocenters. The van der Waals surface area contributed by atoms with E-state index in [1.54, 1.807) is 6.92 Å². The first-order valence-corrected chi connectivity index (χ1v) is 24.5. The second-order valence-corrected chi connectivity index (χ2v) is 25.8. The predicted molar refractivity (Wildman–Crippen MR) is 236 cm³/mol. The SMILES string of the molecule is CC(C)c1ccc2ccc(/C=C/[C@]3(C(=O)N[C@H](C(=O)N[C@@H](C)C(=O)N4CCC[C@@H](C(=O)OCC(Cl)(Cl)Cl)N4)C(C)C)CC[C@@](C)(O[Si](C)(C)C(C)(C)C)CC3)cc2n1. The van der Waals surface area contributed by atoms with Crippen LogP contribution in [-0.2, 0) is 28.3 Å². The highest BCUT2D eigenvalue weighted by Crippen LogP contribution is 2.48. The lowest BCUT2D eigenvalue weighted by Crippen LogP contribution is -2.61. The number of halogens is 3. The van der Waals surface area contributed by atoms with Gasteiger partial charge in [-0.2, -0.15) is 0 Å². The second kappa shape index (κ2) is 18.9. The van der Waals surface area contributed by atoms with Crippen molar-refractivity contribution in [1.82, 2.24) is 26.1 Å². The Balaban J connectivity index is 1.54. The number of alkyl halides is 3. The molecule has 1 aliphatic carbocycles. The Hall–Kier alpha value is -2.74. The number of hydrogen-bond acceptors (Lipinski definition) is 8. The van der Waals surface area contributed by atoms with E-state index in [1.807, 2.05) is 44.2 Å². The molecule has 322 valence electrons. The molecule has 1 aromatic carbocycles. The molecule has 0 bridgehead atoms. The minimum absolute atomic E-state index is 0.0300. The third-order valence-electron chi connectivity index (χ3n) is 12.0. The van der Waals surface area contributed by atoms with Crippen LogP contribution in [0, 0.1) is 11.3 Å². The van der Waals surface area contributed by atoms with Crippen LogP contribution in [0.25, 0.3) is 17.0 Å². The van der Waals surface area contributed by atoms with Crippen LogP contribution >= 0.6 is 34.8 Å². The number of rotatable bonds is 13. The number of carbonyl (C=O) groups is 4. The summed E-state index contributed by atoms with van der Waals surface area (Å²) < 4.78 is 10.3. The molecule has 3 N–H and O–H groups in total. The van der Waals surface area contributed by atoms with Gasteiger partial charge in [0.05, 0.1) is 16.5 Å². The number of aromatic nitrogens is 1. The van der Waals surface area contributed by atoms with Crippen LogP contribution in [0.15, 0.2) is 36.4 Å². The van der Waals surface area contributed by atoms with Gasteiger partial charge in [0.1, 0.15) is 24.7 Å². The fraction of sp³-hybridized carbons (Fsp3) is 0.651. The van der Waals surface area contributed by atoms with Gasteiger partial charge in [-0.05, 0) is 100 Å². The van der Waals surface area contributed by atoms with Gasteiger partial charge in [-0.1, -0.05) is 114 Å². The number of nitrogens with one attached hydrogen (secondary N) is 3.